The third-order valence-corrected chi connectivity index (χ3v) is 7.89. The summed E-state index contributed by atoms with van der Waals surface area (Å²) in [6.07, 6.45) is 0. The lowest BCUT2D eigenvalue weighted by Gasteiger charge is -2.08. The maximum Gasteiger partial charge on any atom is 0.335 e. The van der Waals surface area contributed by atoms with Crippen molar-refractivity contribution in [1.82, 2.24) is 0 Å². The van der Waals surface area contributed by atoms with Crippen LogP contribution in [0.1, 0.15) is 42.2 Å². The second-order valence-electron chi connectivity index (χ2n) is 11.4. The molecule has 5 N–H and O–H groups in total. The highest BCUT2D eigenvalue weighted by molar-refractivity contribution is 6.05. The van der Waals surface area contributed by atoms with Crippen LogP contribution in [0.3, 0.4) is 0 Å². The smallest absolute Gasteiger partial charge is 0.335 e. The molecule has 0 fully saturated rings. The van der Waals surface area contributed by atoms with Crippen LogP contribution in [0.15, 0.2) is 91.0 Å². The average Bonchev–Trinajstić information content (AvgIpc) is 3.92. The first-order valence-corrected chi connectivity index (χ1v) is 15.7. The van der Waals surface area contributed by atoms with E-state index in [0.717, 1.165) is 11.1 Å². The van der Waals surface area contributed by atoms with Crippen molar-refractivity contribution < 1.29 is 58.1 Å². The number of phenols is 2. The number of carbonyl (C=O) groups excluding carboxylic acids is 2. The number of aromatic hydroxyl groups is 2. The van der Waals surface area contributed by atoms with E-state index in [9.17, 15) is 24.6 Å². The fourth-order valence-corrected chi connectivity index (χ4v) is 4.93. The first-order chi connectivity index (χ1) is 25.0. The van der Waals surface area contributed by atoms with Crippen molar-refractivity contribution in [1.29, 1.82) is 0 Å². The van der Waals surface area contributed by atoms with Crippen LogP contribution in [0.5, 0.6) is 46.0 Å². The highest BCUT2D eigenvalue weighted by Crippen LogP contribution is 2.36. The van der Waals surface area contributed by atoms with E-state index in [1.807, 2.05) is 32.0 Å². The summed E-state index contributed by atoms with van der Waals surface area (Å²) >= 11 is 0. The Morgan fingerprint density at radius 2 is 0.923 bits per heavy atom. The van der Waals surface area contributed by atoms with Crippen LogP contribution in [0, 0.1) is 13.8 Å². The van der Waals surface area contributed by atoms with Crippen LogP contribution in [-0.4, -0.2) is 53.5 Å². The number of benzene rings is 5. The first kappa shape index (κ1) is 34.8. The molecule has 5 aromatic rings. The summed E-state index contributed by atoms with van der Waals surface area (Å²) in [5.74, 6) is 1.53. The number of amides is 2. The maximum atomic E-state index is 12.2. The van der Waals surface area contributed by atoms with Gasteiger partial charge >= 0.3 is 5.97 Å². The van der Waals surface area contributed by atoms with Crippen LogP contribution >= 0.6 is 0 Å². The van der Waals surface area contributed by atoms with Crippen LogP contribution in [0.25, 0.3) is 0 Å². The van der Waals surface area contributed by atoms with Crippen molar-refractivity contribution in [2.45, 2.75) is 13.8 Å². The van der Waals surface area contributed by atoms with Crippen molar-refractivity contribution in [2.75, 3.05) is 31.0 Å². The molecule has 3 aliphatic heterocycles. The third-order valence-electron chi connectivity index (χ3n) is 7.89. The average molecular weight is 709 g/mol. The number of nitrogens with one attached hydrogen (secondary N) is 2. The van der Waals surface area contributed by atoms with Gasteiger partial charge in [0.2, 0.25) is 20.4 Å². The van der Waals surface area contributed by atoms with Gasteiger partial charge in [0.05, 0.1) is 5.56 Å². The number of aromatic carboxylic acids is 1. The number of aryl methyl sites for hydroxylation is 2. The van der Waals surface area contributed by atoms with E-state index in [2.05, 4.69) is 10.6 Å². The van der Waals surface area contributed by atoms with Crippen molar-refractivity contribution in [3.8, 4) is 46.0 Å². The number of phenolic OH excluding ortho intramolecular Hbond substituents is 2. The van der Waals surface area contributed by atoms with Gasteiger partial charge in [0.15, 0.2) is 46.0 Å². The highest BCUT2D eigenvalue weighted by Gasteiger charge is 2.19. The van der Waals surface area contributed by atoms with E-state index in [0.29, 0.717) is 51.4 Å². The van der Waals surface area contributed by atoms with Crippen LogP contribution in [-0.2, 0) is 0 Å². The normalized spacial score (nSPS) is 12.4. The molecule has 0 saturated carbocycles. The van der Waals surface area contributed by atoms with Gasteiger partial charge in [-0.05, 0) is 104 Å². The van der Waals surface area contributed by atoms with Crippen LogP contribution < -0.4 is 39.1 Å². The molecule has 0 atom stereocenters. The Morgan fingerprint density at radius 3 is 1.48 bits per heavy atom. The molecule has 0 spiro atoms. The van der Waals surface area contributed by atoms with Gasteiger partial charge in [-0.15, -0.1) is 0 Å². The number of hydrogen-bond acceptors (Lipinski definition) is 11. The SMILES string of the molecule is Cc1ccc(NC(=O)c2ccc(O)c(O)c2)cc1C.O=C(Nc1ccc2c(c1)OCO2)c1ccc2c(c1)OCO2.O=C(O)c1ccc2c(c1)OCO2. The van der Waals surface area contributed by atoms with Crippen molar-refractivity contribution in [2.24, 2.45) is 0 Å². The van der Waals surface area contributed by atoms with Gasteiger partial charge in [0.1, 0.15) is 0 Å². The quantitative estimate of drug-likeness (QED) is 0.125. The molecular formula is C38H32N2O12. The molecule has 5 aromatic carbocycles. The molecular weight excluding hydrogens is 676 g/mol. The second-order valence-corrected chi connectivity index (χ2v) is 11.4. The Morgan fingerprint density at radius 1 is 0.481 bits per heavy atom. The minimum Gasteiger partial charge on any atom is -0.504 e. The van der Waals surface area contributed by atoms with Crippen LogP contribution in [0.2, 0.25) is 0 Å². The second kappa shape index (κ2) is 15.2. The standard InChI is InChI=1S/C15H11NO5.C15H15NO3.C8H6O4/c17-15(9-1-3-11-13(5-9)20-7-18-11)16-10-2-4-12-14(6-10)21-8-19-12;1-9-3-5-12(7-10(9)2)16-15(19)11-4-6-13(17)14(18)8-11;9-8(10)5-1-2-6-7(3-5)12-4-11-6/h1-6H,7-8H2,(H,16,17);3-8,17-18H,1-2H3,(H,16,19);1-3H,4H2,(H,9,10). The van der Waals surface area contributed by atoms with E-state index in [1.165, 1.54) is 30.3 Å². The molecule has 2 amide bonds. The topological polar surface area (TPSA) is 191 Å². The van der Waals surface area contributed by atoms with Gasteiger partial charge in [-0.3, -0.25) is 9.59 Å². The fraction of sp³-hybridized carbons (Fsp3) is 0.132. The molecule has 14 heteroatoms. The molecule has 3 aliphatic rings. The zero-order valence-electron chi connectivity index (χ0n) is 27.8. The highest BCUT2D eigenvalue weighted by atomic mass is 16.7. The van der Waals surface area contributed by atoms with Crippen molar-refractivity contribution in [3.63, 3.8) is 0 Å². The summed E-state index contributed by atoms with van der Waals surface area (Å²) < 4.78 is 31.0. The van der Waals surface area contributed by atoms with E-state index in [-0.39, 0.29) is 54.8 Å². The molecule has 52 heavy (non-hydrogen) atoms. The molecule has 0 aliphatic carbocycles. The summed E-state index contributed by atoms with van der Waals surface area (Å²) in [6.45, 7) is 4.52. The zero-order valence-corrected chi connectivity index (χ0v) is 27.8. The van der Waals surface area contributed by atoms with Gasteiger partial charge in [0, 0.05) is 28.6 Å². The summed E-state index contributed by atoms with van der Waals surface area (Å²) in [6, 6.07) is 24.4. The van der Waals surface area contributed by atoms with Gasteiger partial charge in [-0.2, -0.15) is 0 Å². The number of ether oxygens (including phenoxy) is 6. The Hall–Kier alpha value is -7.09. The Bertz CT molecular complexity index is 2170. The van der Waals surface area contributed by atoms with E-state index >= 15 is 0 Å². The molecule has 0 unspecified atom stereocenters. The minimum atomic E-state index is -0.965. The number of hydrogen-bond donors (Lipinski definition) is 5. The molecule has 8 rings (SSSR count). The van der Waals surface area contributed by atoms with Crippen molar-refractivity contribution in [3.05, 3.63) is 119 Å². The molecule has 3 heterocycles. The summed E-state index contributed by atoms with van der Waals surface area (Å²) in [5, 5.41) is 32.7. The lowest BCUT2D eigenvalue weighted by molar-refractivity contribution is 0.0696. The van der Waals surface area contributed by atoms with Gasteiger partial charge in [-0.25, -0.2) is 4.79 Å². The lowest BCUT2D eigenvalue weighted by Crippen LogP contribution is -2.11. The molecule has 0 aromatic heterocycles. The number of fused-ring (bicyclic) bond motifs is 3. The van der Waals surface area contributed by atoms with E-state index < -0.39 is 5.97 Å². The number of carboxylic acid groups (broad SMARTS) is 1. The zero-order chi connectivity index (χ0) is 36.8. The molecule has 0 bridgehead atoms. The Labute approximate surface area is 296 Å². The van der Waals surface area contributed by atoms with E-state index in [4.69, 9.17) is 33.5 Å². The number of carboxylic acids is 1. The summed E-state index contributed by atoms with van der Waals surface area (Å²) in [7, 11) is 0. The fourth-order valence-electron chi connectivity index (χ4n) is 4.93. The number of carbonyl (C=O) groups is 3. The largest absolute Gasteiger partial charge is 0.504 e. The number of anilines is 2. The third kappa shape index (κ3) is 8.19. The molecule has 0 radical (unpaired) electrons. The summed E-state index contributed by atoms with van der Waals surface area (Å²) in [5.41, 5.74) is 4.57. The van der Waals surface area contributed by atoms with Gasteiger partial charge in [-0.1, -0.05) is 6.07 Å². The monoisotopic (exact) mass is 708 g/mol. The molecule has 0 saturated heterocycles. The first-order valence-electron chi connectivity index (χ1n) is 15.7. The predicted molar refractivity (Wildman–Crippen MR) is 186 cm³/mol. The van der Waals surface area contributed by atoms with E-state index in [1.54, 1.807) is 42.5 Å². The molecule has 266 valence electrons. The maximum absolute atomic E-state index is 12.2. The lowest BCUT2D eigenvalue weighted by atomic mass is 10.1. The molecule has 14 nitrogen and oxygen atoms in total. The predicted octanol–water partition coefficient (Wildman–Crippen LogP) is 6.48. The number of rotatable bonds is 5. The van der Waals surface area contributed by atoms with Crippen molar-refractivity contribution >= 4 is 29.2 Å². The summed E-state index contributed by atoms with van der Waals surface area (Å²) in [4.78, 5) is 34.7. The van der Waals surface area contributed by atoms with Gasteiger partial charge < -0.3 is 54.4 Å². The Balaban J connectivity index is 0.000000139. The Kier molecular flexibility index (Phi) is 10.2. The van der Waals surface area contributed by atoms with Crippen LogP contribution in [0.4, 0.5) is 11.4 Å². The minimum absolute atomic E-state index is 0.165. The van der Waals surface area contributed by atoms with Gasteiger partial charge in [0.25, 0.3) is 11.8 Å².